The lowest BCUT2D eigenvalue weighted by Gasteiger charge is -2.13. The van der Waals surface area contributed by atoms with Gasteiger partial charge in [-0.2, -0.15) is 0 Å². The first-order chi connectivity index (χ1) is 16.2. The van der Waals surface area contributed by atoms with E-state index in [-0.39, 0.29) is 22.0 Å². The first-order valence-electron chi connectivity index (χ1n) is 10.2. The quantitative estimate of drug-likeness (QED) is 0.272. The van der Waals surface area contributed by atoms with Crippen molar-refractivity contribution < 1.29 is 19.2 Å². The molecular formula is C25H22ClN3O5. The minimum Gasteiger partial charge on any atom is -0.497 e. The molecule has 0 radical (unpaired) electrons. The van der Waals surface area contributed by atoms with Gasteiger partial charge in [0.1, 0.15) is 11.4 Å². The maximum absolute atomic E-state index is 13.1. The number of non-ortho nitro benzene ring substituents is 1. The lowest BCUT2D eigenvalue weighted by Crippen LogP contribution is -2.31. The Labute approximate surface area is 201 Å². The number of carbonyl (C=O) groups excluding carboxylic acids is 2. The summed E-state index contributed by atoms with van der Waals surface area (Å²) in [5.41, 5.74) is 2.68. The van der Waals surface area contributed by atoms with Crippen LogP contribution in [0.25, 0.3) is 6.08 Å². The molecule has 0 fully saturated rings. The summed E-state index contributed by atoms with van der Waals surface area (Å²) >= 11 is 6.21. The normalized spacial score (nSPS) is 11.0. The number of halogens is 1. The van der Waals surface area contributed by atoms with Crippen LogP contribution < -0.4 is 15.4 Å². The van der Waals surface area contributed by atoms with E-state index in [1.807, 2.05) is 19.9 Å². The van der Waals surface area contributed by atoms with Crippen molar-refractivity contribution in [3.8, 4) is 5.75 Å². The van der Waals surface area contributed by atoms with Gasteiger partial charge in [-0.15, -0.1) is 0 Å². The molecule has 3 aromatic rings. The minimum atomic E-state index is -0.625. The van der Waals surface area contributed by atoms with Crippen LogP contribution in [0.2, 0.25) is 5.02 Å². The van der Waals surface area contributed by atoms with Crippen molar-refractivity contribution in [1.29, 1.82) is 0 Å². The standard InChI is InChI=1S/C25H22ClN3O5/c1-15-9-16(2)11-18(10-15)27-25(31)23(13-17-5-4-6-19(12-17)29(32)33)28-24(30)21-8-7-20(34-3)14-22(21)26/h4-14H,1-3H3,(H,27,31)(H,28,30)/b23-13+. The summed E-state index contributed by atoms with van der Waals surface area (Å²) in [5, 5.41) is 16.6. The van der Waals surface area contributed by atoms with Crippen LogP contribution in [0.5, 0.6) is 5.75 Å². The van der Waals surface area contributed by atoms with Gasteiger partial charge in [0.2, 0.25) is 0 Å². The molecule has 0 saturated heterocycles. The summed E-state index contributed by atoms with van der Waals surface area (Å²) < 4.78 is 5.10. The van der Waals surface area contributed by atoms with Gasteiger partial charge in [0.05, 0.1) is 22.6 Å². The maximum atomic E-state index is 13.1. The lowest BCUT2D eigenvalue weighted by molar-refractivity contribution is -0.384. The number of nitrogens with one attached hydrogen (secondary N) is 2. The van der Waals surface area contributed by atoms with Crippen LogP contribution in [-0.4, -0.2) is 23.8 Å². The molecule has 0 atom stereocenters. The minimum absolute atomic E-state index is 0.114. The summed E-state index contributed by atoms with van der Waals surface area (Å²) in [5.74, 6) is -0.754. The molecule has 0 aliphatic rings. The Morgan fingerprint density at radius 3 is 2.35 bits per heavy atom. The molecule has 0 unspecified atom stereocenters. The topological polar surface area (TPSA) is 111 Å². The number of anilines is 1. The number of carbonyl (C=O) groups is 2. The van der Waals surface area contributed by atoms with Crippen LogP contribution in [0, 0.1) is 24.0 Å². The Bertz CT molecular complexity index is 1280. The van der Waals surface area contributed by atoms with E-state index in [2.05, 4.69) is 10.6 Å². The number of ether oxygens (including phenoxy) is 1. The van der Waals surface area contributed by atoms with Gasteiger partial charge in [-0.25, -0.2) is 0 Å². The fraction of sp³-hybridized carbons (Fsp3) is 0.120. The molecule has 0 aliphatic heterocycles. The number of hydrogen-bond donors (Lipinski definition) is 2. The summed E-state index contributed by atoms with van der Waals surface area (Å²) in [6, 6.07) is 15.8. The van der Waals surface area contributed by atoms with Crippen molar-refractivity contribution in [2.75, 3.05) is 12.4 Å². The largest absolute Gasteiger partial charge is 0.497 e. The van der Waals surface area contributed by atoms with Crippen LogP contribution in [0.3, 0.4) is 0 Å². The summed E-state index contributed by atoms with van der Waals surface area (Å²) in [6.07, 6.45) is 1.36. The fourth-order valence-electron chi connectivity index (χ4n) is 3.30. The van der Waals surface area contributed by atoms with E-state index in [1.54, 1.807) is 24.3 Å². The third-order valence-electron chi connectivity index (χ3n) is 4.79. The van der Waals surface area contributed by atoms with Gasteiger partial charge in [-0.1, -0.05) is 29.8 Å². The molecule has 34 heavy (non-hydrogen) atoms. The molecule has 3 rings (SSSR count). The summed E-state index contributed by atoms with van der Waals surface area (Å²) in [4.78, 5) is 36.7. The molecule has 0 bridgehead atoms. The Morgan fingerprint density at radius 2 is 1.74 bits per heavy atom. The number of nitro groups is 1. The van der Waals surface area contributed by atoms with Crippen molar-refractivity contribution >= 4 is 40.9 Å². The van der Waals surface area contributed by atoms with Gasteiger partial charge >= 0.3 is 0 Å². The van der Waals surface area contributed by atoms with E-state index < -0.39 is 16.7 Å². The number of benzene rings is 3. The SMILES string of the molecule is COc1ccc(C(=O)N/C(=C/c2cccc([N+](=O)[O-])c2)C(=O)Nc2cc(C)cc(C)c2)c(Cl)c1. The summed E-state index contributed by atoms with van der Waals surface area (Å²) in [7, 11) is 1.47. The van der Waals surface area contributed by atoms with Gasteiger partial charge in [-0.05, 0) is 66.9 Å². The van der Waals surface area contributed by atoms with Crippen LogP contribution in [-0.2, 0) is 4.79 Å². The number of nitro benzene ring substituents is 1. The molecule has 3 aromatic carbocycles. The zero-order valence-electron chi connectivity index (χ0n) is 18.7. The first kappa shape index (κ1) is 24.5. The number of nitrogens with zero attached hydrogens (tertiary/aromatic N) is 1. The summed E-state index contributed by atoms with van der Waals surface area (Å²) in [6.45, 7) is 3.80. The molecule has 0 aliphatic carbocycles. The highest BCUT2D eigenvalue weighted by molar-refractivity contribution is 6.34. The van der Waals surface area contributed by atoms with E-state index in [9.17, 15) is 19.7 Å². The fourth-order valence-corrected chi connectivity index (χ4v) is 3.55. The average molecular weight is 480 g/mol. The highest BCUT2D eigenvalue weighted by Crippen LogP contribution is 2.23. The molecule has 174 valence electrons. The molecule has 8 nitrogen and oxygen atoms in total. The van der Waals surface area contributed by atoms with Crippen LogP contribution in [0.1, 0.15) is 27.0 Å². The van der Waals surface area contributed by atoms with Crippen LogP contribution >= 0.6 is 11.6 Å². The number of amides is 2. The number of methoxy groups -OCH3 is 1. The Kier molecular flexibility index (Phi) is 7.65. The predicted molar refractivity (Wildman–Crippen MR) is 131 cm³/mol. The maximum Gasteiger partial charge on any atom is 0.272 e. The molecule has 9 heteroatoms. The Balaban J connectivity index is 1.97. The molecule has 2 amide bonds. The van der Waals surface area contributed by atoms with E-state index >= 15 is 0 Å². The van der Waals surface area contributed by atoms with Gasteiger partial charge in [0, 0.05) is 17.8 Å². The van der Waals surface area contributed by atoms with E-state index in [0.29, 0.717) is 17.0 Å². The number of hydrogen-bond acceptors (Lipinski definition) is 5. The van der Waals surface area contributed by atoms with Crippen molar-refractivity contribution in [3.63, 3.8) is 0 Å². The number of aryl methyl sites for hydroxylation is 2. The zero-order chi connectivity index (χ0) is 24.8. The second kappa shape index (κ2) is 10.6. The predicted octanol–water partition coefficient (Wildman–Crippen LogP) is 5.28. The molecule has 0 saturated carbocycles. The zero-order valence-corrected chi connectivity index (χ0v) is 19.5. The van der Waals surface area contributed by atoms with Gasteiger partial charge in [0.15, 0.2) is 0 Å². The molecule has 2 N–H and O–H groups in total. The number of rotatable bonds is 7. The van der Waals surface area contributed by atoms with Crippen LogP contribution in [0.4, 0.5) is 11.4 Å². The molecule has 0 spiro atoms. The first-order valence-corrected chi connectivity index (χ1v) is 10.5. The van der Waals surface area contributed by atoms with Crippen molar-refractivity contribution in [2.45, 2.75) is 13.8 Å². The third-order valence-corrected chi connectivity index (χ3v) is 5.10. The van der Waals surface area contributed by atoms with E-state index in [1.165, 1.54) is 43.5 Å². The van der Waals surface area contributed by atoms with E-state index in [4.69, 9.17) is 16.3 Å². The Morgan fingerprint density at radius 1 is 1.03 bits per heavy atom. The molecular weight excluding hydrogens is 458 g/mol. The second-order valence-corrected chi connectivity index (χ2v) is 7.95. The lowest BCUT2D eigenvalue weighted by atomic mass is 10.1. The van der Waals surface area contributed by atoms with Crippen LogP contribution in [0.15, 0.2) is 66.4 Å². The van der Waals surface area contributed by atoms with Gasteiger partial charge < -0.3 is 15.4 Å². The highest BCUT2D eigenvalue weighted by Gasteiger charge is 2.18. The van der Waals surface area contributed by atoms with Crippen molar-refractivity contribution in [1.82, 2.24) is 5.32 Å². The van der Waals surface area contributed by atoms with Crippen molar-refractivity contribution in [2.24, 2.45) is 0 Å². The smallest absolute Gasteiger partial charge is 0.272 e. The molecule has 0 aromatic heterocycles. The highest BCUT2D eigenvalue weighted by atomic mass is 35.5. The molecule has 0 heterocycles. The van der Waals surface area contributed by atoms with E-state index in [0.717, 1.165) is 11.1 Å². The van der Waals surface area contributed by atoms with Gasteiger partial charge in [-0.3, -0.25) is 19.7 Å². The third kappa shape index (κ3) is 6.20. The van der Waals surface area contributed by atoms with Gasteiger partial charge in [0.25, 0.3) is 17.5 Å². The monoisotopic (exact) mass is 479 g/mol. The Hall–Kier alpha value is -4.17. The second-order valence-electron chi connectivity index (χ2n) is 7.54. The van der Waals surface area contributed by atoms with Crippen molar-refractivity contribution in [3.05, 3.63) is 104 Å². The average Bonchev–Trinajstić information content (AvgIpc) is 2.77.